The fourth-order valence-corrected chi connectivity index (χ4v) is 5.63. The average Bonchev–Trinajstić information content (AvgIpc) is 3.32. The minimum atomic E-state index is 0.566. The lowest BCUT2D eigenvalue weighted by Crippen LogP contribution is -2.48. The second-order valence-electron chi connectivity index (χ2n) is 9.97. The maximum Gasteiger partial charge on any atom is 0.178 e. The zero-order chi connectivity index (χ0) is 23.7. The number of piperidine rings is 2. The molecule has 0 bridgehead atoms. The first-order chi connectivity index (χ1) is 16.6. The van der Waals surface area contributed by atoms with Gasteiger partial charge >= 0.3 is 0 Å². The number of hydrogen-bond acceptors (Lipinski definition) is 6. The molecular weight excluding hydrogens is 426 g/mol. The number of H-pyrrole nitrogens is 1. The second kappa shape index (κ2) is 9.92. The average molecular weight is 464 g/mol. The summed E-state index contributed by atoms with van der Waals surface area (Å²) in [5.74, 6) is 2.76. The quantitative estimate of drug-likeness (QED) is 0.572. The molecule has 1 N–H and O–H groups in total. The van der Waals surface area contributed by atoms with Crippen LogP contribution in [0.1, 0.15) is 51.0 Å². The van der Waals surface area contributed by atoms with Crippen LogP contribution in [0.25, 0.3) is 22.6 Å². The molecular formula is C27H37N5O2. The van der Waals surface area contributed by atoms with E-state index < -0.39 is 0 Å². The predicted molar refractivity (Wildman–Crippen MR) is 136 cm³/mol. The lowest BCUT2D eigenvalue weighted by Gasteiger charge is -2.42. The number of methoxy groups -OCH3 is 2. The van der Waals surface area contributed by atoms with E-state index in [2.05, 4.69) is 34.7 Å². The van der Waals surface area contributed by atoms with Crippen LogP contribution < -0.4 is 9.47 Å². The molecule has 5 rings (SSSR count). The van der Waals surface area contributed by atoms with Gasteiger partial charge in [0.2, 0.25) is 0 Å². The van der Waals surface area contributed by atoms with Crippen molar-refractivity contribution in [2.24, 2.45) is 0 Å². The van der Waals surface area contributed by atoms with E-state index in [1.165, 1.54) is 57.4 Å². The van der Waals surface area contributed by atoms with Crippen molar-refractivity contribution in [3.05, 3.63) is 36.0 Å². The van der Waals surface area contributed by atoms with E-state index in [0.717, 1.165) is 28.6 Å². The van der Waals surface area contributed by atoms with E-state index >= 15 is 0 Å². The molecule has 7 nitrogen and oxygen atoms in total. The molecule has 2 aromatic heterocycles. The maximum absolute atomic E-state index is 5.45. The summed E-state index contributed by atoms with van der Waals surface area (Å²) in [6, 6.07) is 9.51. The lowest BCUT2D eigenvalue weighted by molar-refractivity contribution is 0.0753. The van der Waals surface area contributed by atoms with Crippen LogP contribution in [0.2, 0.25) is 0 Å². The molecule has 1 aromatic carbocycles. The number of likely N-dealkylation sites (tertiary alicyclic amines) is 2. The van der Waals surface area contributed by atoms with Gasteiger partial charge in [-0.15, -0.1) is 0 Å². The first-order valence-electron chi connectivity index (χ1n) is 12.6. The van der Waals surface area contributed by atoms with E-state index in [-0.39, 0.29) is 0 Å². The standard InChI is InChI=1S/C27H37N5O2/c1-18(2)31-13-9-22(10-14-31)32-11-7-19(8-12-32)21-15-23-27(28-17-21)30-26(29-23)20-5-6-24(33-3)25(16-20)34-4/h5-6,15-19,22H,7-14H2,1-4H3,(H,28,29,30). The number of pyridine rings is 1. The zero-order valence-corrected chi connectivity index (χ0v) is 20.9. The van der Waals surface area contributed by atoms with Gasteiger partial charge in [-0.05, 0) is 101 Å². The van der Waals surface area contributed by atoms with Gasteiger partial charge in [0, 0.05) is 23.8 Å². The third kappa shape index (κ3) is 4.64. The van der Waals surface area contributed by atoms with Crippen LogP contribution in [0.4, 0.5) is 0 Å². The van der Waals surface area contributed by atoms with E-state index in [9.17, 15) is 0 Å². The van der Waals surface area contributed by atoms with Gasteiger partial charge < -0.3 is 24.3 Å². The fourth-order valence-electron chi connectivity index (χ4n) is 5.63. The topological polar surface area (TPSA) is 66.5 Å². The molecule has 0 atom stereocenters. The van der Waals surface area contributed by atoms with Gasteiger partial charge in [-0.2, -0.15) is 0 Å². The molecule has 0 radical (unpaired) electrons. The van der Waals surface area contributed by atoms with Crippen molar-refractivity contribution < 1.29 is 9.47 Å². The summed E-state index contributed by atoms with van der Waals surface area (Å²) in [5, 5.41) is 0. The number of fused-ring (bicyclic) bond motifs is 1. The third-order valence-electron chi connectivity index (χ3n) is 7.76. The minimum absolute atomic E-state index is 0.566. The Bertz CT molecular complexity index is 1110. The Labute approximate surface area is 202 Å². The molecule has 4 heterocycles. The molecule has 2 fully saturated rings. The number of aromatic amines is 1. The number of nitrogens with zero attached hydrogens (tertiary/aromatic N) is 4. The van der Waals surface area contributed by atoms with Gasteiger partial charge in [0.05, 0.1) is 19.7 Å². The summed E-state index contributed by atoms with van der Waals surface area (Å²) in [4.78, 5) is 18.2. The molecule has 34 heavy (non-hydrogen) atoms. The molecule has 0 spiro atoms. The first kappa shape index (κ1) is 23.1. The Balaban J connectivity index is 1.25. The van der Waals surface area contributed by atoms with Crippen molar-refractivity contribution in [3.8, 4) is 22.9 Å². The zero-order valence-electron chi connectivity index (χ0n) is 20.9. The van der Waals surface area contributed by atoms with Crippen LogP contribution in [0.3, 0.4) is 0 Å². The molecule has 2 aliphatic heterocycles. The minimum Gasteiger partial charge on any atom is -0.493 e. The van der Waals surface area contributed by atoms with Gasteiger partial charge in [-0.25, -0.2) is 9.97 Å². The molecule has 3 aromatic rings. The van der Waals surface area contributed by atoms with Crippen molar-refractivity contribution in [3.63, 3.8) is 0 Å². The summed E-state index contributed by atoms with van der Waals surface area (Å²) in [6.07, 6.45) is 7.05. The summed E-state index contributed by atoms with van der Waals surface area (Å²) >= 11 is 0. The van der Waals surface area contributed by atoms with Crippen LogP contribution in [-0.4, -0.2) is 77.2 Å². The highest BCUT2D eigenvalue weighted by molar-refractivity contribution is 5.77. The number of ether oxygens (including phenoxy) is 2. The van der Waals surface area contributed by atoms with Crippen molar-refractivity contribution >= 4 is 11.2 Å². The highest BCUT2D eigenvalue weighted by Crippen LogP contribution is 2.34. The van der Waals surface area contributed by atoms with Gasteiger partial charge in [0.1, 0.15) is 5.82 Å². The Morgan fingerprint density at radius 3 is 2.35 bits per heavy atom. The van der Waals surface area contributed by atoms with E-state index in [0.29, 0.717) is 23.5 Å². The van der Waals surface area contributed by atoms with Crippen LogP contribution in [0.5, 0.6) is 11.5 Å². The summed E-state index contributed by atoms with van der Waals surface area (Å²) < 4.78 is 10.8. The second-order valence-corrected chi connectivity index (χ2v) is 9.97. The van der Waals surface area contributed by atoms with Crippen molar-refractivity contribution in [2.45, 2.75) is 57.5 Å². The molecule has 2 aliphatic rings. The summed E-state index contributed by atoms with van der Waals surface area (Å²) in [5.41, 5.74) is 4.02. The lowest BCUT2D eigenvalue weighted by atomic mass is 9.88. The Kier molecular flexibility index (Phi) is 6.75. The van der Waals surface area contributed by atoms with Crippen LogP contribution in [0.15, 0.2) is 30.5 Å². The monoisotopic (exact) mass is 463 g/mol. The van der Waals surface area contributed by atoms with Crippen molar-refractivity contribution in [2.75, 3.05) is 40.4 Å². The predicted octanol–water partition coefficient (Wildman–Crippen LogP) is 4.69. The molecule has 0 unspecified atom stereocenters. The van der Waals surface area contributed by atoms with Crippen LogP contribution >= 0.6 is 0 Å². The third-order valence-corrected chi connectivity index (χ3v) is 7.76. The smallest absolute Gasteiger partial charge is 0.178 e. The summed E-state index contributed by atoms with van der Waals surface area (Å²) in [6.45, 7) is 9.49. The maximum atomic E-state index is 5.45. The Morgan fingerprint density at radius 2 is 1.68 bits per heavy atom. The molecule has 7 heteroatoms. The number of hydrogen-bond donors (Lipinski definition) is 1. The largest absolute Gasteiger partial charge is 0.493 e. The SMILES string of the molecule is COc1ccc(-c2nc3ncc(C4CCN(C5CCN(C(C)C)CC5)CC4)cc3[nH]2)cc1OC. The molecule has 0 saturated carbocycles. The van der Waals surface area contributed by atoms with Gasteiger partial charge in [-0.1, -0.05) is 0 Å². The Morgan fingerprint density at radius 1 is 0.941 bits per heavy atom. The normalized spacial score (nSPS) is 19.2. The number of benzene rings is 1. The van der Waals surface area contributed by atoms with Crippen molar-refractivity contribution in [1.82, 2.24) is 24.8 Å². The van der Waals surface area contributed by atoms with Gasteiger partial charge in [-0.3, -0.25) is 0 Å². The van der Waals surface area contributed by atoms with E-state index in [4.69, 9.17) is 19.4 Å². The van der Waals surface area contributed by atoms with E-state index in [1.807, 2.05) is 24.4 Å². The molecule has 0 amide bonds. The fraction of sp³-hybridized carbons (Fsp3) is 0.556. The van der Waals surface area contributed by atoms with Gasteiger partial charge in [0.25, 0.3) is 0 Å². The number of imidazole rings is 1. The highest BCUT2D eigenvalue weighted by Gasteiger charge is 2.29. The number of nitrogens with one attached hydrogen (secondary N) is 1. The number of rotatable bonds is 6. The van der Waals surface area contributed by atoms with E-state index in [1.54, 1.807) is 14.2 Å². The molecule has 182 valence electrons. The molecule has 0 aliphatic carbocycles. The van der Waals surface area contributed by atoms with Crippen molar-refractivity contribution in [1.29, 1.82) is 0 Å². The molecule has 2 saturated heterocycles. The van der Waals surface area contributed by atoms with Gasteiger partial charge in [0.15, 0.2) is 17.1 Å². The summed E-state index contributed by atoms with van der Waals surface area (Å²) in [7, 11) is 3.29. The Hall–Kier alpha value is -2.64. The number of aromatic nitrogens is 3. The first-order valence-corrected chi connectivity index (χ1v) is 12.6. The van der Waals surface area contributed by atoms with Crippen LogP contribution in [-0.2, 0) is 0 Å². The highest BCUT2D eigenvalue weighted by atomic mass is 16.5. The van der Waals surface area contributed by atoms with Crippen LogP contribution in [0, 0.1) is 0 Å².